The van der Waals surface area contributed by atoms with E-state index in [4.69, 9.17) is 0 Å². The van der Waals surface area contributed by atoms with Crippen LogP contribution in [0.3, 0.4) is 0 Å². The largest absolute Gasteiger partial charge is 0.334 e. The van der Waals surface area contributed by atoms with Gasteiger partial charge in [-0.2, -0.15) is 0 Å². The molecule has 0 saturated carbocycles. The number of piperidine rings is 1. The summed E-state index contributed by atoms with van der Waals surface area (Å²) in [7, 11) is 0. The van der Waals surface area contributed by atoms with Crippen LogP contribution in [0, 0.1) is 12.8 Å². The number of benzene rings is 1. The van der Waals surface area contributed by atoms with Gasteiger partial charge in [0.1, 0.15) is 0 Å². The second kappa shape index (κ2) is 6.14. The second-order valence-corrected chi connectivity index (χ2v) is 5.60. The van der Waals surface area contributed by atoms with Crippen molar-refractivity contribution in [2.45, 2.75) is 33.1 Å². The highest BCUT2D eigenvalue weighted by molar-refractivity contribution is 5.98. The van der Waals surface area contributed by atoms with Crippen LogP contribution in [0.25, 0.3) is 0 Å². The number of carbonyl (C=O) groups is 1. The van der Waals surface area contributed by atoms with Gasteiger partial charge in [-0.1, -0.05) is 24.3 Å². The molecule has 98 valence electrons. The fourth-order valence-corrected chi connectivity index (χ4v) is 2.90. The molecule has 0 bridgehead atoms. The highest BCUT2D eigenvalue weighted by Crippen LogP contribution is 2.12. The molecule has 0 amide bonds. The Bertz CT molecular complexity index is 407. The zero-order valence-electron chi connectivity index (χ0n) is 11.5. The predicted octanol–water partition coefficient (Wildman–Crippen LogP) is 1.88. The van der Waals surface area contributed by atoms with Crippen molar-refractivity contribution in [3.05, 3.63) is 35.4 Å². The van der Waals surface area contributed by atoms with E-state index in [1.165, 1.54) is 32.4 Å². The molecule has 1 saturated heterocycles. The maximum absolute atomic E-state index is 12.4. The Kier molecular flexibility index (Phi) is 4.54. The minimum Gasteiger partial charge on any atom is -0.334 e. The van der Waals surface area contributed by atoms with Crippen LogP contribution in [0.5, 0.6) is 0 Å². The number of likely N-dealkylation sites (tertiary alicyclic amines) is 1. The topological polar surface area (TPSA) is 21.5 Å². The van der Waals surface area contributed by atoms with E-state index in [2.05, 4.69) is 6.92 Å². The Morgan fingerprint density at radius 1 is 1.22 bits per heavy atom. The minimum atomic E-state index is 0.138. The van der Waals surface area contributed by atoms with Gasteiger partial charge in [0.15, 0.2) is 5.78 Å². The van der Waals surface area contributed by atoms with Crippen LogP contribution in [0.1, 0.15) is 42.1 Å². The molecule has 1 aliphatic rings. The third kappa shape index (κ3) is 3.20. The molecule has 2 nitrogen and oxygen atoms in total. The van der Waals surface area contributed by atoms with Crippen molar-refractivity contribution in [1.82, 2.24) is 0 Å². The van der Waals surface area contributed by atoms with Crippen LogP contribution in [-0.2, 0) is 0 Å². The van der Waals surface area contributed by atoms with Gasteiger partial charge < -0.3 is 4.90 Å². The van der Waals surface area contributed by atoms with Gasteiger partial charge in [0, 0.05) is 5.56 Å². The first kappa shape index (κ1) is 13.3. The number of nitrogens with one attached hydrogen (secondary N) is 1. The molecule has 1 unspecified atom stereocenters. The number of aryl methyl sites for hydroxylation is 1. The molecule has 18 heavy (non-hydrogen) atoms. The van der Waals surface area contributed by atoms with Crippen LogP contribution < -0.4 is 4.90 Å². The molecule has 0 spiro atoms. The summed E-state index contributed by atoms with van der Waals surface area (Å²) >= 11 is 0. The van der Waals surface area contributed by atoms with Crippen LogP contribution in [0.15, 0.2) is 24.3 Å². The first-order valence-electron chi connectivity index (χ1n) is 7.12. The molecule has 2 heteroatoms. The molecule has 1 aromatic rings. The maximum Gasteiger partial charge on any atom is 0.171 e. The van der Waals surface area contributed by atoms with Crippen molar-refractivity contribution in [2.75, 3.05) is 19.6 Å². The Morgan fingerprint density at radius 2 is 1.89 bits per heavy atom. The normalized spacial score (nSPS) is 18.6. The molecule has 2 rings (SSSR count). The van der Waals surface area contributed by atoms with E-state index in [1.54, 1.807) is 4.90 Å². The summed E-state index contributed by atoms with van der Waals surface area (Å²) in [5.74, 6) is 0.449. The number of Topliss-reactive ketones (excluding diaryl/α,β-unsaturated/α-hetero) is 1. The predicted molar refractivity (Wildman–Crippen MR) is 74.1 cm³/mol. The average Bonchev–Trinajstić information content (AvgIpc) is 2.39. The Hall–Kier alpha value is -1.15. The van der Waals surface area contributed by atoms with Crippen molar-refractivity contribution in [3.63, 3.8) is 0 Å². The molecule has 1 atom stereocenters. The molecule has 1 heterocycles. The summed E-state index contributed by atoms with van der Waals surface area (Å²) < 4.78 is 0. The number of hydrogen-bond donors (Lipinski definition) is 1. The van der Waals surface area contributed by atoms with Gasteiger partial charge in [-0.3, -0.25) is 4.79 Å². The summed E-state index contributed by atoms with van der Waals surface area (Å²) in [6, 6.07) is 7.93. The monoisotopic (exact) mass is 246 g/mol. The fraction of sp³-hybridized carbons (Fsp3) is 0.562. The Balaban J connectivity index is 1.98. The van der Waals surface area contributed by atoms with E-state index in [-0.39, 0.29) is 5.92 Å². The van der Waals surface area contributed by atoms with E-state index < -0.39 is 0 Å². The van der Waals surface area contributed by atoms with E-state index in [0.717, 1.165) is 17.7 Å². The summed E-state index contributed by atoms with van der Waals surface area (Å²) in [6.07, 6.45) is 4.00. The first-order valence-corrected chi connectivity index (χ1v) is 7.12. The third-order valence-corrected chi connectivity index (χ3v) is 4.01. The SMILES string of the molecule is Cc1ccccc1C(=O)C(C)C[NH+]1CCCCC1. The molecule has 0 radical (unpaired) electrons. The van der Waals surface area contributed by atoms with E-state index in [0.29, 0.717) is 5.78 Å². The molecular formula is C16H24NO+. The van der Waals surface area contributed by atoms with Crippen molar-refractivity contribution in [1.29, 1.82) is 0 Å². The molecule has 1 aliphatic heterocycles. The molecule has 1 N–H and O–H groups in total. The van der Waals surface area contributed by atoms with Gasteiger partial charge in [0.05, 0.1) is 25.6 Å². The lowest BCUT2D eigenvalue weighted by atomic mass is 9.95. The van der Waals surface area contributed by atoms with Gasteiger partial charge in [0.2, 0.25) is 0 Å². The van der Waals surface area contributed by atoms with Crippen molar-refractivity contribution in [2.24, 2.45) is 5.92 Å². The smallest absolute Gasteiger partial charge is 0.171 e. The zero-order valence-corrected chi connectivity index (χ0v) is 11.5. The van der Waals surface area contributed by atoms with Gasteiger partial charge >= 0.3 is 0 Å². The Morgan fingerprint density at radius 3 is 2.56 bits per heavy atom. The average molecular weight is 246 g/mol. The maximum atomic E-state index is 12.4. The van der Waals surface area contributed by atoms with E-state index in [1.807, 2.05) is 31.2 Å². The summed E-state index contributed by atoms with van der Waals surface area (Å²) in [5, 5.41) is 0. The molecule has 0 aliphatic carbocycles. The van der Waals surface area contributed by atoms with E-state index in [9.17, 15) is 4.79 Å². The highest BCUT2D eigenvalue weighted by Gasteiger charge is 2.23. The third-order valence-electron chi connectivity index (χ3n) is 4.01. The number of rotatable bonds is 4. The second-order valence-electron chi connectivity index (χ2n) is 5.60. The summed E-state index contributed by atoms with van der Waals surface area (Å²) in [6.45, 7) is 7.58. The van der Waals surface area contributed by atoms with Crippen LogP contribution in [-0.4, -0.2) is 25.4 Å². The van der Waals surface area contributed by atoms with Gasteiger partial charge in [-0.15, -0.1) is 0 Å². The van der Waals surface area contributed by atoms with Gasteiger partial charge in [0.25, 0.3) is 0 Å². The van der Waals surface area contributed by atoms with Crippen molar-refractivity contribution < 1.29 is 9.69 Å². The standard InChI is InChI=1S/C16H23NO/c1-13-8-4-5-9-15(13)16(18)14(2)12-17-10-6-3-7-11-17/h4-5,8-9,14H,3,6-7,10-12H2,1-2H3/p+1. The van der Waals surface area contributed by atoms with E-state index >= 15 is 0 Å². The summed E-state index contributed by atoms with van der Waals surface area (Å²) in [4.78, 5) is 14.0. The van der Waals surface area contributed by atoms with Gasteiger partial charge in [-0.25, -0.2) is 0 Å². The number of hydrogen-bond acceptors (Lipinski definition) is 1. The summed E-state index contributed by atoms with van der Waals surface area (Å²) in [5.41, 5.74) is 2.00. The fourth-order valence-electron chi connectivity index (χ4n) is 2.90. The lowest BCUT2D eigenvalue weighted by Crippen LogP contribution is -3.13. The number of quaternary nitrogens is 1. The van der Waals surface area contributed by atoms with Crippen molar-refractivity contribution >= 4 is 5.78 Å². The van der Waals surface area contributed by atoms with Gasteiger partial charge in [-0.05, 0) is 38.7 Å². The number of ketones is 1. The van der Waals surface area contributed by atoms with Crippen LogP contribution in [0.4, 0.5) is 0 Å². The molecule has 1 aromatic carbocycles. The first-order chi connectivity index (χ1) is 8.68. The Labute approximate surface area is 110 Å². The zero-order chi connectivity index (χ0) is 13.0. The number of carbonyl (C=O) groups excluding carboxylic acids is 1. The molecule has 1 fully saturated rings. The quantitative estimate of drug-likeness (QED) is 0.805. The van der Waals surface area contributed by atoms with Crippen LogP contribution in [0.2, 0.25) is 0 Å². The lowest BCUT2D eigenvalue weighted by Gasteiger charge is -2.26. The lowest BCUT2D eigenvalue weighted by molar-refractivity contribution is -0.906. The van der Waals surface area contributed by atoms with Crippen molar-refractivity contribution in [3.8, 4) is 0 Å². The highest BCUT2D eigenvalue weighted by atomic mass is 16.1. The van der Waals surface area contributed by atoms with Crippen LogP contribution >= 0.6 is 0 Å². The minimum absolute atomic E-state index is 0.138. The molecular weight excluding hydrogens is 222 g/mol. The molecule has 0 aromatic heterocycles.